The molecule has 0 aliphatic carbocycles. The number of halogens is 1. The molecule has 0 amide bonds. The van der Waals surface area contributed by atoms with Gasteiger partial charge in [0.2, 0.25) is 0 Å². The number of nitrogens with zero attached hydrogens (tertiary/aromatic N) is 1. The highest BCUT2D eigenvalue weighted by atomic mass is 35.5. The van der Waals surface area contributed by atoms with Crippen LogP contribution in [0.5, 0.6) is 0 Å². The first kappa shape index (κ1) is 13.1. The number of esters is 1. The van der Waals surface area contributed by atoms with E-state index in [1.807, 2.05) is 32.0 Å². The third-order valence-corrected chi connectivity index (χ3v) is 3.83. The fourth-order valence-corrected chi connectivity index (χ4v) is 2.88. The Morgan fingerprint density at radius 1 is 1.39 bits per heavy atom. The lowest BCUT2D eigenvalue weighted by Crippen LogP contribution is -2.03. The van der Waals surface area contributed by atoms with Crippen molar-refractivity contribution in [2.24, 2.45) is 0 Å². The molecular weight excluding hydrogens is 270 g/mol. The van der Waals surface area contributed by atoms with Crippen molar-refractivity contribution in [3.63, 3.8) is 0 Å². The van der Waals surface area contributed by atoms with Crippen molar-refractivity contribution in [1.29, 1.82) is 0 Å². The molecule has 2 aromatic rings. The smallest absolute Gasteiger partial charge is 0.357 e. The third-order valence-electron chi connectivity index (χ3n) is 2.59. The molecule has 0 spiro atoms. The first-order valence-electron chi connectivity index (χ1n) is 5.35. The Labute approximate surface area is 114 Å². The first-order valence-corrected chi connectivity index (χ1v) is 6.54. The lowest BCUT2D eigenvalue weighted by atomic mass is 10.1. The van der Waals surface area contributed by atoms with Crippen LogP contribution in [0.15, 0.2) is 18.2 Å². The van der Waals surface area contributed by atoms with Gasteiger partial charge in [0, 0.05) is 15.5 Å². The fraction of sp³-hybridized carbons (Fsp3) is 0.231. The van der Waals surface area contributed by atoms with Gasteiger partial charge in [0.05, 0.1) is 7.11 Å². The molecule has 0 N–H and O–H groups in total. The van der Waals surface area contributed by atoms with Crippen molar-refractivity contribution < 1.29 is 9.53 Å². The minimum Gasteiger partial charge on any atom is -0.464 e. The first-order chi connectivity index (χ1) is 8.52. The molecule has 1 heterocycles. The highest BCUT2D eigenvalue weighted by Crippen LogP contribution is 2.31. The Kier molecular flexibility index (Phi) is 3.68. The summed E-state index contributed by atoms with van der Waals surface area (Å²) >= 11 is 7.40. The average Bonchev–Trinajstić information content (AvgIpc) is 2.70. The van der Waals surface area contributed by atoms with Crippen LogP contribution in [0.2, 0.25) is 5.02 Å². The van der Waals surface area contributed by atoms with Gasteiger partial charge in [0.1, 0.15) is 5.01 Å². The van der Waals surface area contributed by atoms with E-state index in [0.717, 1.165) is 21.0 Å². The van der Waals surface area contributed by atoms with Gasteiger partial charge in [-0.05, 0) is 31.5 Å². The minimum absolute atomic E-state index is 0.381. The van der Waals surface area contributed by atoms with Crippen LogP contribution in [-0.4, -0.2) is 18.1 Å². The zero-order valence-corrected chi connectivity index (χ0v) is 11.9. The molecule has 2 rings (SSSR count). The van der Waals surface area contributed by atoms with E-state index < -0.39 is 5.97 Å². The third kappa shape index (κ3) is 2.40. The highest BCUT2D eigenvalue weighted by molar-refractivity contribution is 7.15. The van der Waals surface area contributed by atoms with Crippen molar-refractivity contribution in [1.82, 2.24) is 4.98 Å². The van der Waals surface area contributed by atoms with Gasteiger partial charge in [0.15, 0.2) is 5.69 Å². The lowest BCUT2D eigenvalue weighted by molar-refractivity contribution is 0.0594. The number of carbonyl (C=O) groups is 1. The van der Waals surface area contributed by atoms with Crippen LogP contribution >= 0.6 is 22.9 Å². The van der Waals surface area contributed by atoms with Crippen LogP contribution in [0.1, 0.15) is 20.9 Å². The van der Waals surface area contributed by atoms with E-state index in [1.165, 1.54) is 18.4 Å². The molecule has 94 valence electrons. The molecule has 3 nitrogen and oxygen atoms in total. The number of hydrogen-bond acceptors (Lipinski definition) is 4. The van der Waals surface area contributed by atoms with E-state index in [9.17, 15) is 4.79 Å². The predicted molar refractivity (Wildman–Crippen MR) is 73.4 cm³/mol. The quantitative estimate of drug-likeness (QED) is 0.785. The molecule has 1 aromatic heterocycles. The van der Waals surface area contributed by atoms with Crippen molar-refractivity contribution in [3.05, 3.63) is 39.4 Å². The number of benzene rings is 1. The molecular formula is C13H12ClNO2S. The fourth-order valence-electron chi connectivity index (χ4n) is 1.66. The van der Waals surface area contributed by atoms with E-state index >= 15 is 0 Å². The Balaban J connectivity index is 2.49. The zero-order valence-electron chi connectivity index (χ0n) is 10.3. The summed E-state index contributed by atoms with van der Waals surface area (Å²) in [5, 5.41) is 1.50. The number of rotatable bonds is 2. The van der Waals surface area contributed by atoms with Gasteiger partial charge in [0.25, 0.3) is 0 Å². The van der Waals surface area contributed by atoms with E-state index in [1.54, 1.807) is 0 Å². The van der Waals surface area contributed by atoms with E-state index in [2.05, 4.69) is 4.98 Å². The van der Waals surface area contributed by atoms with Crippen LogP contribution in [0.4, 0.5) is 0 Å². The van der Waals surface area contributed by atoms with Crippen LogP contribution in [0, 0.1) is 13.8 Å². The standard InChI is InChI=1S/C13H12ClNO2S/c1-7-6-9(14)4-5-10(7)12-15-11(8(2)18-12)13(16)17-3/h4-6H,1-3H3. The molecule has 0 aliphatic heterocycles. The topological polar surface area (TPSA) is 39.2 Å². The number of methoxy groups -OCH3 is 1. The van der Waals surface area contributed by atoms with E-state index in [-0.39, 0.29) is 0 Å². The van der Waals surface area contributed by atoms with Crippen molar-refractivity contribution >= 4 is 28.9 Å². The van der Waals surface area contributed by atoms with Crippen LogP contribution < -0.4 is 0 Å². The summed E-state index contributed by atoms with van der Waals surface area (Å²) in [6, 6.07) is 5.61. The van der Waals surface area contributed by atoms with Gasteiger partial charge >= 0.3 is 5.97 Å². The summed E-state index contributed by atoms with van der Waals surface area (Å²) in [6.45, 7) is 3.83. The summed E-state index contributed by atoms with van der Waals surface area (Å²) in [5.41, 5.74) is 2.40. The zero-order chi connectivity index (χ0) is 13.3. The van der Waals surface area contributed by atoms with E-state index in [4.69, 9.17) is 16.3 Å². The monoisotopic (exact) mass is 281 g/mol. The Morgan fingerprint density at radius 2 is 2.11 bits per heavy atom. The van der Waals surface area contributed by atoms with Gasteiger partial charge in [-0.25, -0.2) is 9.78 Å². The summed E-state index contributed by atoms with van der Waals surface area (Å²) in [7, 11) is 1.36. The maximum absolute atomic E-state index is 11.5. The molecule has 0 unspecified atom stereocenters. The number of aryl methyl sites for hydroxylation is 2. The second kappa shape index (κ2) is 5.08. The number of ether oxygens (including phenoxy) is 1. The Hall–Kier alpha value is -1.39. The lowest BCUT2D eigenvalue weighted by Gasteiger charge is -2.02. The SMILES string of the molecule is COC(=O)c1nc(-c2ccc(Cl)cc2C)sc1C. The molecule has 0 bridgehead atoms. The van der Waals surface area contributed by atoms with E-state index in [0.29, 0.717) is 10.7 Å². The number of carbonyl (C=O) groups excluding carboxylic acids is 1. The summed E-state index contributed by atoms with van der Waals surface area (Å²) in [6.07, 6.45) is 0. The molecule has 5 heteroatoms. The highest BCUT2D eigenvalue weighted by Gasteiger charge is 2.17. The molecule has 1 aromatic carbocycles. The van der Waals surface area contributed by atoms with Crippen LogP contribution in [-0.2, 0) is 4.74 Å². The number of thiazole rings is 1. The van der Waals surface area contributed by atoms with Crippen molar-refractivity contribution in [2.75, 3.05) is 7.11 Å². The van der Waals surface area contributed by atoms with Crippen LogP contribution in [0.3, 0.4) is 0 Å². The average molecular weight is 282 g/mol. The molecule has 0 radical (unpaired) electrons. The van der Waals surface area contributed by atoms with Gasteiger partial charge in [-0.3, -0.25) is 0 Å². The Morgan fingerprint density at radius 3 is 2.72 bits per heavy atom. The minimum atomic E-state index is -0.401. The van der Waals surface area contributed by atoms with Gasteiger partial charge in [-0.1, -0.05) is 17.7 Å². The largest absolute Gasteiger partial charge is 0.464 e. The maximum Gasteiger partial charge on any atom is 0.357 e. The number of hydrogen-bond donors (Lipinski definition) is 0. The van der Waals surface area contributed by atoms with Gasteiger partial charge < -0.3 is 4.74 Å². The maximum atomic E-state index is 11.5. The summed E-state index contributed by atoms with van der Waals surface area (Å²) < 4.78 is 4.70. The van der Waals surface area contributed by atoms with Crippen molar-refractivity contribution in [2.45, 2.75) is 13.8 Å². The summed E-state index contributed by atoms with van der Waals surface area (Å²) in [4.78, 5) is 16.7. The number of aromatic nitrogens is 1. The van der Waals surface area contributed by atoms with Gasteiger partial charge in [-0.2, -0.15) is 0 Å². The Bertz CT molecular complexity index is 607. The predicted octanol–water partition coefficient (Wildman–Crippen LogP) is 3.87. The molecule has 0 fully saturated rings. The normalized spacial score (nSPS) is 10.4. The van der Waals surface area contributed by atoms with Gasteiger partial charge in [-0.15, -0.1) is 11.3 Å². The second-order valence-electron chi connectivity index (χ2n) is 3.87. The molecule has 0 atom stereocenters. The molecule has 18 heavy (non-hydrogen) atoms. The molecule has 0 saturated carbocycles. The van der Waals surface area contributed by atoms with Crippen LogP contribution in [0.25, 0.3) is 10.6 Å². The molecule has 0 saturated heterocycles. The van der Waals surface area contributed by atoms with Crippen molar-refractivity contribution in [3.8, 4) is 10.6 Å². The second-order valence-corrected chi connectivity index (χ2v) is 5.51. The summed E-state index contributed by atoms with van der Waals surface area (Å²) in [5.74, 6) is -0.401. The molecule has 0 aliphatic rings.